The van der Waals surface area contributed by atoms with Gasteiger partial charge < -0.3 is 20.1 Å². The molecule has 0 aliphatic carbocycles. The Balaban J connectivity index is 1.72. The first-order chi connectivity index (χ1) is 14.9. The van der Waals surface area contributed by atoms with Gasteiger partial charge in [0.15, 0.2) is 5.11 Å². The number of carbonyl (C=O) groups excluding carboxylic acids is 2. The fourth-order valence-corrected chi connectivity index (χ4v) is 3.44. The molecule has 0 radical (unpaired) electrons. The topological polar surface area (TPSA) is 89.5 Å². The summed E-state index contributed by atoms with van der Waals surface area (Å²) in [6.07, 6.45) is 4.44. The lowest BCUT2D eigenvalue weighted by Crippen LogP contribution is -2.45. The van der Waals surface area contributed by atoms with Gasteiger partial charge in [-0.2, -0.15) is 0 Å². The SMILES string of the molecule is CCOC(=O)C1=C(C)NC(=S)NC1c1ccc(OC(=O)/C=C/c2ccnc(Cl)c2)cc1. The summed E-state index contributed by atoms with van der Waals surface area (Å²) < 4.78 is 10.5. The average Bonchev–Trinajstić information content (AvgIpc) is 2.72. The molecule has 1 atom stereocenters. The summed E-state index contributed by atoms with van der Waals surface area (Å²) in [6, 6.07) is 9.68. The molecule has 0 bridgehead atoms. The normalized spacial score (nSPS) is 16.0. The van der Waals surface area contributed by atoms with Crippen LogP contribution in [0.2, 0.25) is 5.15 Å². The highest BCUT2D eigenvalue weighted by atomic mass is 35.5. The van der Waals surface area contributed by atoms with E-state index in [1.807, 2.05) is 0 Å². The molecule has 1 aliphatic heterocycles. The van der Waals surface area contributed by atoms with Gasteiger partial charge >= 0.3 is 11.9 Å². The summed E-state index contributed by atoms with van der Waals surface area (Å²) in [5, 5.41) is 6.78. The molecule has 3 rings (SSSR count). The molecule has 2 aromatic rings. The lowest BCUT2D eigenvalue weighted by Gasteiger charge is -2.29. The third kappa shape index (κ3) is 5.90. The van der Waals surface area contributed by atoms with Gasteiger partial charge in [-0.25, -0.2) is 14.6 Å². The van der Waals surface area contributed by atoms with Crippen LogP contribution in [0.15, 0.2) is 59.9 Å². The van der Waals surface area contributed by atoms with E-state index in [9.17, 15) is 9.59 Å². The Kier molecular flexibility index (Phi) is 7.38. The van der Waals surface area contributed by atoms with Crippen LogP contribution in [0.4, 0.5) is 0 Å². The fraction of sp³-hybridized carbons (Fsp3) is 0.182. The maximum absolute atomic E-state index is 12.4. The quantitative estimate of drug-likeness (QED) is 0.223. The molecule has 2 N–H and O–H groups in total. The van der Waals surface area contributed by atoms with Crippen LogP contribution in [0.3, 0.4) is 0 Å². The van der Waals surface area contributed by atoms with E-state index in [1.165, 1.54) is 6.08 Å². The number of ether oxygens (including phenoxy) is 2. The summed E-state index contributed by atoms with van der Waals surface area (Å²) in [4.78, 5) is 28.4. The molecule has 2 heterocycles. The largest absolute Gasteiger partial charge is 0.463 e. The van der Waals surface area contributed by atoms with Gasteiger partial charge in [0.25, 0.3) is 0 Å². The second kappa shape index (κ2) is 10.2. The number of aromatic nitrogens is 1. The highest BCUT2D eigenvalue weighted by Crippen LogP contribution is 2.29. The van der Waals surface area contributed by atoms with Gasteiger partial charge in [-0.05, 0) is 67.5 Å². The minimum absolute atomic E-state index is 0.265. The number of nitrogens with one attached hydrogen (secondary N) is 2. The Morgan fingerprint density at radius 1 is 1.26 bits per heavy atom. The lowest BCUT2D eigenvalue weighted by atomic mass is 9.95. The molecule has 1 aliphatic rings. The second-order valence-electron chi connectivity index (χ2n) is 6.53. The number of rotatable bonds is 6. The van der Waals surface area contributed by atoms with E-state index in [-0.39, 0.29) is 6.61 Å². The summed E-state index contributed by atoms with van der Waals surface area (Å²) in [5.41, 5.74) is 2.57. The van der Waals surface area contributed by atoms with E-state index in [2.05, 4.69) is 15.6 Å². The highest BCUT2D eigenvalue weighted by molar-refractivity contribution is 7.80. The number of pyridine rings is 1. The number of hydrogen-bond donors (Lipinski definition) is 2. The maximum atomic E-state index is 12.4. The molecule has 1 unspecified atom stereocenters. The summed E-state index contributed by atoms with van der Waals surface area (Å²) in [7, 11) is 0. The number of hydrogen-bond acceptors (Lipinski definition) is 6. The zero-order valence-corrected chi connectivity index (χ0v) is 18.4. The van der Waals surface area contributed by atoms with Crippen molar-refractivity contribution in [2.75, 3.05) is 6.61 Å². The first kappa shape index (κ1) is 22.5. The first-order valence-corrected chi connectivity index (χ1v) is 10.2. The van der Waals surface area contributed by atoms with Crippen LogP contribution in [-0.4, -0.2) is 28.6 Å². The van der Waals surface area contributed by atoms with Crippen molar-refractivity contribution in [3.05, 3.63) is 76.2 Å². The molecule has 9 heteroatoms. The van der Waals surface area contributed by atoms with Gasteiger partial charge in [0, 0.05) is 18.0 Å². The molecule has 0 fully saturated rings. The van der Waals surface area contributed by atoms with Gasteiger partial charge in [-0.3, -0.25) is 0 Å². The molecule has 1 aromatic carbocycles. The standard InChI is InChI=1S/C22H20ClN3O4S/c1-3-29-21(28)19-13(2)25-22(31)26-20(19)15-5-7-16(8-6-15)30-18(27)9-4-14-10-11-24-17(23)12-14/h4-12,20H,3H2,1-2H3,(H2,25,26,31)/b9-4+. The van der Waals surface area contributed by atoms with Crippen molar-refractivity contribution >= 4 is 46.9 Å². The maximum Gasteiger partial charge on any atom is 0.338 e. The van der Waals surface area contributed by atoms with Gasteiger partial charge in [0.05, 0.1) is 18.2 Å². The average molecular weight is 458 g/mol. The predicted molar refractivity (Wildman–Crippen MR) is 121 cm³/mol. The third-order valence-electron chi connectivity index (χ3n) is 4.36. The van der Waals surface area contributed by atoms with Crippen LogP contribution < -0.4 is 15.4 Å². The highest BCUT2D eigenvalue weighted by Gasteiger charge is 2.30. The van der Waals surface area contributed by atoms with Crippen molar-refractivity contribution in [3.63, 3.8) is 0 Å². The monoisotopic (exact) mass is 457 g/mol. The third-order valence-corrected chi connectivity index (χ3v) is 4.79. The molecule has 0 amide bonds. The zero-order valence-electron chi connectivity index (χ0n) is 16.8. The van der Waals surface area contributed by atoms with Gasteiger partial charge in [0.1, 0.15) is 10.9 Å². The Bertz CT molecular complexity index is 1070. The number of carbonyl (C=O) groups is 2. The van der Waals surface area contributed by atoms with Crippen molar-refractivity contribution in [2.45, 2.75) is 19.9 Å². The van der Waals surface area contributed by atoms with Crippen molar-refractivity contribution in [2.24, 2.45) is 0 Å². The van der Waals surface area contributed by atoms with Crippen LogP contribution in [-0.2, 0) is 14.3 Å². The molecular formula is C22H20ClN3O4S. The molecule has 1 aromatic heterocycles. The Labute approximate surface area is 190 Å². The van der Waals surface area contributed by atoms with Crippen molar-refractivity contribution < 1.29 is 19.1 Å². The number of esters is 2. The summed E-state index contributed by atoms with van der Waals surface area (Å²) in [6.45, 7) is 3.78. The fourth-order valence-electron chi connectivity index (χ4n) is 2.99. The Hall–Kier alpha value is -3.23. The van der Waals surface area contributed by atoms with E-state index in [1.54, 1.807) is 62.5 Å². The first-order valence-electron chi connectivity index (χ1n) is 9.44. The minimum atomic E-state index is -0.537. The molecule has 160 valence electrons. The molecule has 0 saturated heterocycles. The van der Waals surface area contributed by atoms with E-state index >= 15 is 0 Å². The molecule has 0 saturated carbocycles. The number of benzene rings is 1. The summed E-state index contributed by atoms with van der Waals surface area (Å²) >= 11 is 11.1. The predicted octanol–water partition coefficient (Wildman–Crippen LogP) is 3.71. The zero-order chi connectivity index (χ0) is 22.4. The van der Waals surface area contributed by atoms with Gasteiger partial charge in [-0.15, -0.1) is 0 Å². The van der Waals surface area contributed by atoms with E-state index in [4.69, 9.17) is 33.3 Å². The van der Waals surface area contributed by atoms with Crippen LogP contribution >= 0.6 is 23.8 Å². The number of nitrogens with zero attached hydrogens (tertiary/aromatic N) is 1. The molecular weight excluding hydrogens is 438 g/mol. The molecule has 0 spiro atoms. The Morgan fingerprint density at radius 3 is 2.68 bits per heavy atom. The minimum Gasteiger partial charge on any atom is -0.463 e. The molecule has 7 nitrogen and oxygen atoms in total. The van der Waals surface area contributed by atoms with Crippen molar-refractivity contribution in [1.82, 2.24) is 15.6 Å². The van der Waals surface area contributed by atoms with Crippen LogP contribution in [0.1, 0.15) is 31.0 Å². The number of halogens is 1. The van der Waals surface area contributed by atoms with Crippen LogP contribution in [0, 0.1) is 0 Å². The smallest absolute Gasteiger partial charge is 0.338 e. The number of thiocarbonyl (C=S) groups is 1. The Morgan fingerprint density at radius 2 is 2.00 bits per heavy atom. The lowest BCUT2D eigenvalue weighted by molar-refractivity contribution is -0.139. The number of allylic oxidation sites excluding steroid dienone is 1. The summed E-state index contributed by atoms with van der Waals surface area (Å²) in [5.74, 6) is -0.602. The van der Waals surface area contributed by atoms with Crippen molar-refractivity contribution in [1.29, 1.82) is 0 Å². The van der Waals surface area contributed by atoms with Crippen LogP contribution in [0.5, 0.6) is 5.75 Å². The van der Waals surface area contributed by atoms with Gasteiger partial charge in [0.2, 0.25) is 0 Å². The van der Waals surface area contributed by atoms with E-state index < -0.39 is 18.0 Å². The van der Waals surface area contributed by atoms with E-state index in [0.29, 0.717) is 27.3 Å². The second-order valence-corrected chi connectivity index (χ2v) is 7.32. The van der Waals surface area contributed by atoms with E-state index in [0.717, 1.165) is 11.1 Å². The van der Waals surface area contributed by atoms with Gasteiger partial charge in [-0.1, -0.05) is 23.7 Å². The van der Waals surface area contributed by atoms with Crippen LogP contribution in [0.25, 0.3) is 6.08 Å². The molecule has 31 heavy (non-hydrogen) atoms. The van der Waals surface area contributed by atoms with Crippen molar-refractivity contribution in [3.8, 4) is 5.75 Å².